The van der Waals surface area contributed by atoms with Gasteiger partial charge in [-0.05, 0) is 36.4 Å². The van der Waals surface area contributed by atoms with Crippen LogP contribution in [0, 0.1) is 5.92 Å². The smallest absolute Gasteiger partial charge is 0.278 e. The monoisotopic (exact) mass is 323 g/mol. The van der Waals surface area contributed by atoms with Gasteiger partial charge >= 0.3 is 0 Å². The van der Waals surface area contributed by atoms with Crippen LogP contribution >= 0.6 is 0 Å². The molecule has 0 radical (unpaired) electrons. The van der Waals surface area contributed by atoms with Crippen LogP contribution in [0.2, 0.25) is 0 Å². The van der Waals surface area contributed by atoms with Crippen LogP contribution in [0.3, 0.4) is 0 Å². The fourth-order valence-electron chi connectivity index (χ4n) is 2.92. The van der Waals surface area contributed by atoms with Crippen molar-refractivity contribution >= 4 is 23.2 Å². The Kier molecular flexibility index (Phi) is 3.26. The highest BCUT2D eigenvalue weighted by Gasteiger charge is 2.56. The van der Waals surface area contributed by atoms with Crippen molar-refractivity contribution in [3.8, 4) is 5.75 Å². The van der Waals surface area contributed by atoms with Gasteiger partial charge in [-0.3, -0.25) is 14.6 Å². The Morgan fingerprint density at radius 1 is 1.12 bits per heavy atom. The number of pyridine rings is 1. The number of methoxy groups -OCH3 is 1. The van der Waals surface area contributed by atoms with Gasteiger partial charge in [0.15, 0.2) is 0 Å². The van der Waals surface area contributed by atoms with Crippen LogP contribution in [0.1, 0.15) is 5.56 Å². The number of imide groups is 1. The summed E-state index contributed by atoms with van der Waals surface area (Å²) in [6, 6.07) is 10.2. The van der Waals surface area contributed by atoms with E-state index in [-0.39, 0.29) is 5.91 Å². The topological polar surface area (TPSA) is 81.1 Å². The van der Waals surface area contributed by atoms with E-state index in [0.717, 1.165) is 4.90 Å². The van der Waals surface area contributed by atoms with E-state index < -0.39 is 17.9 Å². The van der Waals surface area contributed by atoms with Crippen molar-refractivity contribution in [1.82, 2.24) is 4.98 Å². The highest BCUT2D eigenvalue weighted by molar-refractivity contribution is 6.32. The van der Waals surface area contributed by atoms with Crippen molar-refractivity contribution in [2.24, 2.45) is 11.1 Å². The van der Waals surface area contributed by atoms with Gasteiger partial charge in [-0.2, -0.15) is 0 Å². The van der Waals surface area contributed by atoms with E-state index in [0.29, 0.717) is 22.7 Å². The zero-order chi connectivity index (χ0) is 16.7. The number of carbonyl (C=O) groups excluding carboxylic acids is 2. The molecule has 0 spiro atoms. The highest BCUT2D eigenvalue weighted by atomic mass is 16.6. The molecule has 1 saturated heterocycles. The van der Waals surface area contributed by atoms with E-state index in [9.17, 15) is 9.59 Å². The third-order valence-corrected chi connectivity index (χ3v) is 4.10. The summed E-state index contributed by atoms with van der Waals surface area (Å²) in [4.78, 5) is 35.8. The summed E-state index contributed by atoms with van der Waals surface area (Å²) in [5, 5.41) is 3.94. The third-order valence-electron chi connectivity index (χ3n) is 4.10. The second kappa shape index (κ2) is 5.45. The standard InChI is InChI=1S/C17H13N3O4/c1-23-12-6-4-11(5-7-12)20-16(21)13-14(10-3-2-8-18-9-10)19-24-15(13)17(20)22/h2-9,13,15H,1H3/t13-,15-/m1/s1. The molecule has 2 aliphatic rings. The van der Waals surface area contributed by atoms with Gasteiger partial charge in [0.2, 0.25) is 12.0 Å². The number of hydrogen-bond donors (Lipinski definition) is 0. The molecule has 0 unspecified atom stereocenters. The summed E-state index contributed by atoms with van der Waals surface area (Å²) in [7, 11) is 1.55. The molecule has 24 heavy (non-hydrogen) atoms. The van der Waals surface area contributed by atoms with Gasteiger partial charge in [0.1, 0.15) is 17.4 Å². The van der Waals surface area contributed by atoms with Gasteiger partial charge in [0.05, 0.1) is 12.8 Å². The summed E-state index contributed by atoms with van der Waals surface area (Å²) in [5.74, 6) is -0.872. The predicted octanol–water partition coefficient (Wildman–Crippen LogP) is 1.38. The molecule has 2 aromatic rings. The first kappa shape index (κ1) is 14.4. The first-order chi connectivity index (χ1) is 11.7. The molecule has 3 heterocycles. The maximum atomic E-state index is 12.8. The largest absolute Gasteiger partial charge is 0.497 e. The Morgan fingerprint density at radius 3 is 2.58 bits per heavy atom. The minimum atomic E-state index is -0.921. The maximum absolute atomic E-state index is 12.8. The first-order valence-electron chi connectivity index (χ1n) is 7.36. The summed E-state index contributed by atoms with van der Waals surface area (Å²) >= 11 is 0. The summed E-state index contributed by atoms with van der Waals surface area (Å²) < 4.78 is 5.10. The average Bonchev–Trinajstić information content (AvgIpc) is 3.17. The van der Waals surface area contributed by atoms with Gasteiger partial charge in [0.25, 0.3) is 5.91 Å². The lowest BCUT2D eigenvalue weighted by atomic mass is 9.95. The molecule has 4 rings (SSSR count). The number of rotatable bonds is 3. The highest BCUT2D eigenvalue weighted by Crippen LogP contribution is 2.35. The van der Waals surface area contributed by atoms with Gasteiger partial charge in [0, 0.05) is 18.0 Å². The minimum absolute atomic E-state index is 0.352. The molecule has 7 heteroatoms. The molecule has 1 fully saturated rings. The lowest BCUT2D eigenvalue weighted by molar-refractivity contribution is -0.126. The second-order valence-corrected chi connectivity index (χ2v) is 5.43. The van der Waals surface area contributed by atoms with Gasteiger partial charge in [-0.15, -0.1) is 0 Å². The van der Waals surface area contributed by atoms with Crippen molar-refractivity contribution in [1.29, 1.82) is 0 Å². The van der Waals surface area contributed by atoms with Crippen LogP contribution in [0.5, 0.6) is 5.75 Å². The number of fused-ring (bicyclic) bond motifs is 1. The van der Waals surface area contributed by atoms with E-state index in [1.807, 2.05) is 0 Å². The van der Waals surface area contributed by atoms with Crippen LogP contribution in [-0.4, -0.2) is 35.7 Å². The van der Waals surface area contributed by atoms with Crippen molar-refractivity contribution in [2.75, 3.05) is 12.0 Å². The van der Waals surface area contributed by atoms with E-state index in [1.165, 1.54) is 0 Å². The quantitative estimate of drug-likeness (QED) is 0.797. The fourth-order valence-corrected chi connectivity index (χ4v) is 2.92. The third kappa shape index (κ3) is 2.05. The van der Waals surface area contributed by atoms with Gasteiger partial charge in [-0.1, -0.05) is 5.16 Å². The first-order valence-corrected chi connectivity index (χ1v) is 7.36. The summed E-state index contributed by atoms with van der Waals surface area (Å²) in [6.07, 6.45) is 2.30. The van der Waals surface area contributed by atoms with Crippen LogP contribution < -0.4 is 9.64 Å². The number of amides is 2. The number of aromatic nitrogens is 1. The SMILES string of the molecule is COc1ccc(N2C(=O)[C@@H]3C(c4cccnc4)=NO[C@H]3C2=O)cc1. The van der Waals surface area contributed by atoms with Gasteiger partial charge in [-0.25, -0.2) is 4.90 Å². The maximum Gasteiger partial charge on any atom is 0.278 e. The molecular formula is C17H13N3O4. The van der Waals surface area contributed by atoms with Crippen molar-refractivity contribution in [3.63, 3.8) is 0 Å². The molecule has 2 aliphatic heterocycles. The molecule has 0 saturated carbocycles. The molecular weight excluding hydrogens is 310 g/mol. The number of hydrogen-bond acceptors (Lipinski definition) is 6. The van der Waals surface area contributed by atoms with E-state index in [1.54, 1.807) is 55.9 Å². The molecule has 120 valence electrons. The lowest BCUT2D eigenvalue weighted by Gasteiger charge is -2.15. The molecule has 0 aliphatic carbocycles. The second-order valence-electron chi connectivity index (χ2n) is 5.43. The number of benzene rings is 1. The molecule has 1 aromatic heterocycles. The number of oxime groups is 1. The Bertz CT molecular complexity index is 833. The Morgan fingerprint density at radius 2 is 1.92 bits per heavy atom. The Labute approximate surface area is 137 Å². The summed E-state index contributed by atoms with van der Waals surface area (Å²) in [6.45, 7) is 0. The molecule has 2 atom stereocenters. The number of anilines is 1. The number of nitrogens with zero attached hydrogens (tertiary/aromatic N) is 3. The normalized spacial score (nSPS) is 22.2. The predicted molar refractivity (Wildman–Crippen MR) is 84.6 cm³/mol. The van der Waals surface area contributed by atoms with Gasteiger partial charge < -0.3 is 9.57 Å². The molecule has 2 amide bonds. The average molecular weight is 323 g/mol. The lowest BCUT2D eigenvalue weighted by Crippen LogP contribution is -2.33. The number of ether oxygens (including phenoxy) is 1. The minimum Gasteiger partial charge on any atom is -0.497 e. The summed E-state index contributed by atoms with van der Waals surface area (Å²) in [5.41, 5.74) is 1.58. The Balaban J connectivity index is 1.68. The van der Waals surface area contributed by atoms with Crippen LogP contribution in [0.4, 0.5) is 5.69 Å². The number of carbonyl (C=O) groups is 2. The van der Waals surface area contributed by atoms with E-state index >= 15 is 0 Å². The fraction of sp³-hybridized carbons (Fsp3) is 0.176. The van der Waals surface area contributed by atoms with Crippen LogP contribution in [0.15, 0.2) is 53.9 Å². The molecule has 7 nitrogen and oxygen atoms in total. The van der Waals surface area contributed by atoms with Crippen LogP contribution in [-0.2, 0) is 14.4 Å². The van der Waals surface area contributed by atoms with Crippen LogP contribution in [0.25, 0.3) is 0 Å². The molecule has 0 N–H and O–H groups in total. The molecule has 1 aromatic carbocycles. The van der Waals surface area contributed by atoms with Crippen molar-refractivity contribution in [3.05, 3.63) is 54.4 Å². The van der Waals surface area contributed by atoms with E-state index in [4.69, 9.17) is 9.57 Å². The zero-order valence-corrected chi connectivity index (χ0v) is 12.7. The molecule has 0 bridgehead atoms. The van der Waals surface area contributed by atoms with Crippen molar-refractivity contribution in [2.45, 2.75) is 6.10 Å². The Hall–Kier alpha value is -3.22. The zero-order valence-electron chi connectivity index (χ0n) is 12.7. The van der Waals surface area contributed by atoms with Crippen molar-refractivity contribution < 1.29 is 19.2 Å². The van der Waals surface area contributed by atoms with E-state index in [2.05, 4.69) is 10.1 Å².